The molecular formula is C20H34N2O2. The summed E-state index contributed by atoms with van der Waals surface area (Å²) < 4.78 is 0. The van der Waals surface area contributed by atoms with Crippen LogP contribution in [0.2, 0.25) is 0 Å². The lowest BCUT2D eigenvalue weighted by Gasteiger charge is -2.44. The Balaban J connectivity index is 1.76. The van der Waals surface area contributed by atoms with E-state index < -0.39 is 5.41 Å². The minimum atomic E-state index is -0.402. The summed E-state index contributed by atoms with van der Waals surface area (Å²) in [6.45, 7) is 10.0. The van der Waals surface area contributed by atoms with Gasteiger partial charge >= 0.3 is 0 Å². The Morgan fingerprint density at radius 2 is 1.29 bits per heavy atom. The minimum absolute atomic E-state index is 0.00524. The van der Waals surface area contributed by atoms with Gasteiger partial charge in [-0.3, -0.25) is 9.59 Å². The Morgan fingerprint density at radius 1 is 0.792 bits per heavy atom. The van der Waals surface area contributed by atoms with Gasteiger partial charge in [0, 0.05) is 32.1 Å². The van der Waals surface area contributed by atoms with E-state index in [4.69, 9.17) is 0 Å². The highest BCUT2D eigenvalue weighted by Gasteiger charge is 2.59. The van der Waals surface area contributed by atoms with Crippen molar-refractivity contribution in [2.45, 2.75) is 72.1 Å². The van der Waals surface area contributed by atoms with Crippen molar-refractivity contribution >= 4 is 11.8 Å². The summed E-state index contributed by atoms with van der Waals surface area (Å²) in [5.41, 5.74) is -0.670. The maximum absolute atomic E-state index is 13.3. The average molecular weight is 335 g/mol. The molecule has 0 spiro atoms. The third kappa shape index (κ3) is 2.86. The molecule has 1 aliphatic carbocycles. The highest BCUT2D eigenvalue weighted by atomic mass is 16.2. The fourth-order valence-electron chi connectivity index (χ4n) is 5.10. The number of piperidine rings is 2. The van der Waals surface area contributed by atoms with E-state index in [1.165, 1.54) is 12.8 Å². The molecule has 136 valence electrons. The molecule has 3 aliphatic rings. The minimum Gasteiger partial charge on any atom is -0.342 e. The predicted molar refractivity (Wildman–Crippen MR) is 95.5 cm³/mol. The van der Waals surface area contributed by atoms with Crippen LogP contribution in [-0.4, -0.2) is 47.8 Å². The molecule has 24 heavy (non-hydrogen) atoms. The standard InChI is InChI=1S/C20H34N2O2/c1-19(2)16(17(23)21-12-6-4-7-13-21)10-11-20(19,3)18(24)22-14-8-5-9-15-22/h16H,4-15H2,1-3H3/t16-,20-/m1/s1. The molecule has 2 atom stereocenters. The third-order valence-electron chi connectivity index (χ3n) is 7.31. The first kappa shape index (κ1) is 17.8. The number of carbonyl (C=O) groups excluding carboxylic acids is 2. The zero-order valence-corrected chi connectivity index (χ0v) is 15.8. The molecule has 0 radical (unpaired) electrons. The number of rotatable bonds is 2. The Hall–Kier alpha value is -1.06. The van der Waals surface area contributed by atoms with E-state index in [0.717, 1.165) is 64.7 Å². The number of amides is 2. The van der Waals surface area contributed by atoms with Gasteiger partial charge in [-0.25, -0.2) is 0 Å². The van der Waals surface area contributed by atoms with Crippen molar-refractivity contribution in [3.63, 3.8) is 0 Å². The molecule has 4 nitrogen and oxygen atoms in total. The average Bonchev–Trinajstić information content (AvgIpc) is 2.86. The van der Waals surface area contributed by atoms with Crippen molar-refractivity contribution in [3.8, 4) is 0 Å². The Kier molecular flexibility index (Phi) is 4.94. The molecule has 0 aromatic carbocycles. The van der Waals surface area contributed by atoms with Crippen LogP contribution in [0, 0.1) is 16.7 Å². The van der Waals surface area contributed by atoms with E-state index in [0.29, 0.717) is 11.8 Å². The van der Waals surface area contributed by atoms with Crippen molar-refractivity contribution in [1.29, 1.82) is 0 Å². The number of nitrogens with zero attached hydrogens (tertiary/aromatic N) is 2. The number of hydrogen-bond donors (Lipinski definition) is 0. The van der Waals surface area contributed by atoms with Crippen LogP contribution in [0.25, 0.3) is 0 Å². The van der Waals surface area contributed by atoms with Crippen molar-refractivity contribution in [2.24, 2.45) is 16.7 Å². The van der Waals surface area contributed by atoms with Gasteiger partial charge in [-0.1, -0.05) is 20.8 Å². The first-order valence-corrected chi connectivity index (χ1v) is 9.96. The Labute approximate surface area is 146 Å². The van der Waals surface area contributed by atoms with Crippen LogP contribution in [0.15, 0.2) is 0 Å². The fraction of sp³-hybridized carbons (Fsp3) is 0.900. The van der Waals surface area contributed by atoms with Gasteiger partial charge in [0.15, 0.2) is 0 Å². The zero-order valence-electron chi connectivity index (χ0n) is 15.8. The summed E-state index contributed by atoms with van der Waals surface area (Å²) in [4.78, 5) is 30.5. The van der Waals surface area contributed by atoms with Crippen LogP contribution in [0.5, 0.6) is 0 Å². The summed E-state index contributed by atoms with van der Waals surface area (Å²) in [7, 11) is 0. The van der Waals surface area contributed by atoms with Gasteiger partial charge in [-0.2, -0.15) is 0 Å². The highest BCUT2D eigenvalue weighted by molar-refractivity contribution is 5.87. The summed E-state index contributed by atoms with van der Waals surface area (Å²) in [6.07, 6.45) is 8.68. The van der Waals surface area contributed by atoms with Gasteiger partial charge in [-0.15, -0.1) is 0 Å². The highest BCUT2D eigenvalue weighted by Crippen LogP contribution is 2.57. The van der Waals surface area contributed by atoms with Gasteiger partial charge < -0.3 is 9.80 Å². The number of hydrogen-bond acceptors (Lipinski definition) is 2. The zero-order chi connectivity index (χ0) is 17.4. The molecule has 3 fully saturated rings. The molecule has 0 aromatic rings. The largest absolute Gasteiger partial charge is 0.342 e. The van der Waals surface area contributed by atoms with E-state index in [1.807, 2.05) is 0 Å². The predicted octanol–water partition coefficient (Wildman–Crippen LogP) is 3.45. The van der Waals surface area contributed by atoms with Gasteiger partial charge in [0.25, 0.3) is 0 Å². The lowest BCUT2D eigenvalue weighted by atomic mass is 9.64. The number of likely N-dealkylation sites (tertiary alicyclic amines) is 2. The molecule has 2 heterocycles. The smallest absolute Gasteiger partial charge is 0.229 e. The van der Waals surface area contributed by atoms with Crippen molar-refractivity contribution in [1.82, 2.24) is 9.80 Å². The van der Waals surface area contributed by atoms with Crippen LogP contribution in [0.4, 0.5) is 0 Å². The lowest BCUT2D eigenvalue weighted by Crippen LogP contribution is -2.52. The molecule has 0 bridgehead atoms. The maximum atomic E-state index is 13.3. The topological polar surface area (TPSA) is 40.6 Å². The Morgan fingerprint density at radius 3 is 1.83 bits per heavy atom. The van der Waals surface area contributed by atoms with Crippen LogP contribution >= 0.6 is 0 Å². The molecule has 0 aromatic heterocycles. The van der Waals surface area contributed by atoms with E-state index in [2.05, 4.69) is 30.6 Å². The molecule has 3 rings (SSSR count). The van der Waals surface area contributed by atoms with Crippen LogP contribution in [0.3, 0.4) is 0 Å². The quantitative estimate of drug-likeness (QED) is 0.776. The summed E-state index contributed by atoms with van der Waals surface area (Å²) in [5, 5.41) is 0. The maximum Gasteiger partial charge on any atom is 0.229 e. The molecule has 1 saturated carbocycles. The van der Waals surface area contributed by atoms with Gasteiger partial charge in [0.2, 0.25) is 11.8 Å². The van der Waals surface area contributed by atoms with E-state index in [1.54, 1.807) is 0 Å². The second kappa shape index (κ2) is 6.68. The van der Waals surface area contributed by atoms with E-state index in [-0.39, 0.29) is 11.3 Å². The van der Waals surface area contributed by atoms with E-state index in [9.17, 15) is 9.59 Å². The van der Waals surface area contributed by atoms with E-state index >= 15 is 0 Å². The third-order valence-corrected chi connectivity index (χ3v) is 7.31. The normalized spacial score (nSPS) is 33.5. The monoisotopic (exact) mass is 334 g/mol. The first-order chi connectivity index (χ1) is 11.4. The second-order valence-corrected chi connectivity index (χ2v) is 8.88. The molecular weight excluding hydrogens is 300 g/mol. The molecule has 2 saturated heterocycles. The molecule has 4 heteroatoms. The molecule has 2 aliphatic heterocycles. The van der Waals surface area contributed by atoms with Crippen LogP contribution in [-0.2, 0) is 9.59 Å². The molecule has 0 N–H and O–H groups in total. The fourth-order valence-corrected chi connectivity index (χ4v) is 5.10. The van der Waals surface area contributed by atoms with Gasteiger partial charge in [0.05, 0.1) is 5.41 Å². The van der Waals surface area contributed by atoms with Gasteiger partial charge in [-0.05, 0) is 56.8 Å². The molecule has 0 unspecified atom stereocenters. The van der Waals surface area contributed by atoms with Crippen molar-refractivity contribution in [2.75, 3.05) is 26.2 Å². The van der Waals surface area contributed by atoms with Crippen molar-refractivity contribution in [3.05, 3.63) is 0 Å². The molecule has 2 amide bonds. The second-order valence-electron chi connectivity index (χ2n) is 8.88. The van der Waals surface area contributed by atoms with Gasteiger partial charge in [0.1, 0.15) is 0 Å². The van der Waals surface area contributed by atoms with Crippen LogP contribution < -0.4 is 0 Å². The SMILES string of the molecule is CC1(C)[C@@H](C(=O)N2CCCCC2)CC[C@]1(C)C(=O)N1CCCCC1. The Bertz CT molecular complexity index is 490. The van der Waals surface area contributed by atoms with Crippen LogP contribution in [0.1, 0.15) is 72.1 Å². The van der Waals surface area contributed by atoms with Crippen molar-refractivity contribution < 1.29 is 9.59 Å². The first-order valence-electron chi connectivity index (χ1n) is 9.96. The number of carbonyl (C=O) groups is 2. The summed E-state index contributed by atoms with van der Waals surface area (Å²) in [6, 6.07) is 0. The summed E-state index contributed by atoms with van der Waals surface area (Å²) in [5.74, 6) is 0.588. The summed E-state index contributed by atoms with van der Waals surface area (Å²) >= 11 is 0. The lowest BCUT2D eigenvalue weighted by molar-refractivity contribution is -0.151.